The number of benzene rings is 2. The Balaban J connectivity index is 1.70. The third-order valence-corrected chi connectivity index (χ3v) is 3.91. The van der Waals surface area contributed by atoms with Crippen LogP contribution in [0.3, 0.4) is 0 Å². The van der Waals surface area contributed by atoms with Gasteiger partial charge >= 0.3 is 0 Å². The molecule has 0 unspecified atom stereocenters. The Morgan fingerprint density at radius 2 is 1.91 bits per heavy atom. The van der Waals surface area contributed by atoms with Crippen molar-refractivity contribution in [2.75, 3.05) is 6.79 Å². The Kier molecular flexibility index (Phi) is 4.31. The molecule has 0 aliphatic carbocycles. The zero-order valence-corrected chi connectivity index (χ0v) is 13.5. The van der Waals surface area contributed by atoms with Crippen LogP contribution in [0.25, 0.3) is 0 Å². The summed E-state index contributed by atoms with van der Waals surface area (Å²) in [6.07, 6.45) is 1.53. The van der Waals surface area contributed by atoms with Crippen LogP contribution in [0.5, 0.6) is 11.5 Å². The minimum Gasteiger partial charge on any atom is -0.454 e. The van der Waals surface area contributed by atoms with Crippen LogP contribution in [0, 0.1) is 0 Å². The summed E-state index contributed by atoms with van der Waals surface area (Å²) in [4.78, 5) is 11.9. The second-order valence-corrected chi connectivity index (χ2v) is 5.72. The number of rotatable bonds is 3. The number of halogens is 2. The molecule has 0 atom stereocenters. The molecular weight excluding hydrogens is 372 g/mol. The van der Waals surface area contributed by atoms with Gasteiger partial charge in [0.15, 0.2) is 11.5 Å². The van der Waals surface area contributed by atoms with Gasteiger partial charge in [0, 0.05) is 20.6 Å². The largest absolute Gasteiger partial charge is 0.454 e. The van der Waals surface area contributed by atoms with Crippen molar-refractivity contribution in [3.05, 3.63) is 57.0 Å². The zero-order chi connectivity index (χ0) is 15.5. The summed E-state index contributed by atoms with van der Waals surface area (Å²) in [7, 11) is 0. The summed E-state index contributed by atoms with van der Waals surface area (Å²) in [5.74, 6) is 1.01. The fourth-order valence-electron chi connectivity index (χ4n) is 1.86. The molecule has 5 nitrogen and oxygen atoms in total. The maximum absolute atomic E-state index is 11.9. The molecule has 0 spiro atoms. The summed E-state index contributed by atoms with van der Waals surface area (Å²) in [6.45, 7) is 0.204. The predicted octanol–water partition coefficient (Wildman–Crippen LogP) is 3.60. The maximum atomic E-state index is 11.9. The summed E-state index contributed by atoms with van der Waals surface area (Å²) in [6, 6.07) is 10.1. The van der Waals surface area contributed by atoms with Crippen LogP contribution in [0.4, 0.5) is 0 Å². The van der Waals surface area contributed by atoms with Crippen LogP contribution in [0.15, 0.2) is 46.0 Å². The Labute approximate surface area is 140 Å². The van der Waals surface area contributed by atoms with E-state index in [1.807, 2.05) is 0 Å². The minimum atomic E-state index is -0.315. The van der Waals surface area contributed by atoms with Gasteiger partial charge in [0.25, 0.3) is 5.91 Å². The van der Waals surface area contributed by atoms with E-state index in [-0.39, 0.29) is 12.7 Å². The number of hydrazone groups is 1. The second-order valence-electron chi connectivity index (χ2n) is 4.43. The number of nitrogens with zero attached hydrogens (tertiary/aromatic N) is 1. The molecule has 3 rings (SSSR count). The molecule has 0 aromatic heterocycles. The van der Waals surface area contributed by atoms with Crippen LogP contribution in [-0.2, 0) is 0 Å². The summed E-state index contributed by atoms with van der Waals surface area (Å²) >= 11 is 9.19. The van der Waals surface area contributed by atoms with E-state index < -0.39 is 0 Å². The van der Waals surface area contributed by atoms with Crippen LogP contribution in [0.1, 0.15) is 15.9 Å². The van der Waals surface area contributed by atoms with Crippen molar-refractivity contribution in [3.8, 4) is 11.5 Å². The first-order chi connectivity index (χ1) is 10.6. The average Bonchev–Trinajstić information content (AvgIpc) is 2.95. The lowest BCUT2D eigenvalue weighted by Crippen LogP contribution is -2.17. The third-order valence-electron chi connectivity index (χ3n) is 2.97. The van der Waals surface area contributed by atoms with Crippen molar-refractivity contribution >= 4 is 39.7 Å². The van der Waals surface area contributed by atoms with E-state index in [9.17, 15) is 4.79 Å². The normalized spacial score (nSPS) is 12.6. The molecule has 0 radical (unpaired) electrons. The number of nitrogens with one attached hydrogen (secondary N) is 1. The highest BCUT2D eigenvalue weighted by molar-refractivity contribution is 9.10. The molecule has 0 fully saturated rings. The molecule has 1 aliphatic rings. The lowest BCUT2D eigenvalue weighted by molar-refractivity contribution is 0.0955. The molecule has 0 bridgehead atoms. The number of fused-ring (bicyclic) bond motifs is 1. The van der Waals surface area contributed by atoms with Crippen molar-refractivity contribution in [2.45, 2.75) is 0 Å². The average molecular weight is 382 g/mol. The van der Waals surface area contributed by atoms with Crippen molar-refractivity contribution in [1.82, 2.24) is 5.43 Å². The van der Waals surface area contributed by atoms with Gasteiger partial charge in [0.2, 0.25) is 6.79 Å². The Bertz CT molecular complexity index is 747. The molecule has 1 heterocycles. The quantitative estimate of drug-likeness (QED) is 0.653. The van der Waals surface area contributed by atoms with E-state index in [0.717, 1.165) is 10.0 Å². The maximum Gasteiger partial charge on any atom is 0.271 e. The van der Waals surface area contributed by atoms with Gasteiger partial charge in [-0.15, -0.1) is 0 Å². The number of hydrogen-bond donors (Lipinski definition) is 1. The predicted molar refractivity (Wildman–Crippen MR) is 86.8 cm³/mol. The molecule has 2 aromatic carbocycles. The molecule has 2 aromatic rings. The monoisotopic (exact) mass is 380 g/mol. The first kappa shape index (κ1) is 14.9. The summed E-state index contributed by atoms with van der Waals surface area (Å²) < 4.78 is 11.4. The van der Waals surface area contributed by atoms with E-state index >= 15 is 0 Å². The molecule has 0 saturated heterocycles. The van der Waals surface area contributed by atoms with Crippen molar-refractivity contribution in [3.63, 3.8) is 0 Å². The highest BCUT2D eigenvalue weighted by Gasteiger charge is 2.15. The van der Waals surface area contributed by atoms with E-state index in [0.29, 0.717) is 22.1 Å². The molecular formula is C15H10BrClN2O3. The fourth-order valence-corrected chi connectivity index (χ4v) is 2.41. The summed E-state index contributed by atoms with van der Waals surface area (Å²) in [5, 5.41) is 4.52. The standard InChI is InChI=1S/C15H10BrClN2O3/c16-12-6-14-13(21-8-22-14)5-10(12)7-18-19-15(20)9-1-3-11(17)4-2-9/h1-7H,8H2,(H,19,20)/b18-7-. The van der Waals surface area contributed by atoms with Gasteiger partial charge in [0.1, 0.15) is 0 Å². The van der Waals surface area contributed by atoms with Gasteiger partial charge < -0.3 is 9.47 Å². The summed E-state index contributed by atoms with van der Waals surface area (Å²) in [5.41, 5.74) is 3.70. The van der Waals surface area contributed by atoms with Crippen LogP contribution >= 0.6 is 27.5 Å². The Morgan fingerprint density at radius 1 is 1.23 bits per heavy atom. The molecule has 1 amide bonds. The smallest absolute Gasteiger partial charge is 0.271 e. The lowest BCUT2D eigenvalue weighted by atomic mass is 10.2. The van der Waals surface area contributed by atoms with Crippen LogP contribution in [-0.4, -0.2) is 18.9 Å². The second kappa shape index (κ2) is 6.37. The zero-order valence-electron chi connectivity index (χ0n) is 11.2. The Hall–Kier alpha value is -2.05. The molecule has 112 valence electrons. The molecule has 7 heteroatoms. The third kappa shape index (κ3) is 3.23. The van der Waals surface area contributed by atoms with Gasteiger partial charge in [-0.2, -0.15) is 5.10 Å². The molecule has 1 aliphatic heterocycles. The molecule has 1 N–H and O–H groups in total. The van der Waals surface area contributed by atoms with E-state index in [1.165, 1.54) is 6.21 Å². The number of carbonyl (C=O) groups is 1. The number of ether oxygens (including phenoxy) is 2. The highest BCUT2D eigenvalue weighted by atomic mass is 79.9. The highest BCUT2D eigenvalue weighted by Crippen LogP contribution is 2.36. The van der Waals surface area contributed by atoms with Crippen LogP contribution < -0.4 is 14.9 Å². The van der Waals surface area contributed by atoms with Crippen molar-refractivity contribution in [1.29, 1.82) is 0 Å². The number of hydrogen-bond acceptors (Lipinski definition) is 4. The number of amides is 1. The topological polar surface area (TPSA) is 59.9 Å². The first-order valence-electron chi connectivity index (χ1n) is 6.31. The van der Waals surface area contributed by atoms with Crippen LogP contribution in [0.2, 0.25) is 5.02 Å². The van der Waals surface area contributed by atoms with Gasteiger partial charge in [-0.3, -0.25) is 4.79 Å². The number of carbonyl (C=O) groups excluding carboxylic acids is 1. The first-order valence-corrected chi connectivity index (χ1v) is 7.49. The van der Waals surface area contributed by atoms with E-state index in [2.05, 4.69) is 26.5 Å². The SMILES string of the molecule is O=C(N/N=C\c1cc2c(cc1Br)OCO2)c1ccc(Cl)cc1. The molecule has 0 saturated carbocycles. The van der Waals surface area contributed by atoms with Gasteiger partial charge in [0.05, 0.1) is 6.21 Å². The van der Waals surface area contributed by atoms with Crippen molar-refractivity contribution < 1.29 is 14.3 Å². The van der Waals surface area contributed by atoms with Crippen molar-refractivity contribution in [2.24, 2.45) is 5.10 Å². The van der Waals surface area contributed by atoms with Gasteiger partial charge in [-0.1, -0.05) is 11.6 Å². The van der Waals surface area contributed by atoms with E-state index in [4.69, 9.17) is 21.1 Å². The van der Waals surface area contributed by atoms with Gasteiger partial charge in [-0.05, 0) is 52.3 Å². The fraction of sp³-hybridized carbons (Fsp3) is 0.0667. The lowest BCUT2D eigenvalue weighted by Gasteiger charge is -2.02. The minimum absolute atomic E-state index is 0.204. The Morgan fingerprint density at radius 3 is 2.64 bits per heavy atom. The van der Waals surface area contributed by atoms with Gasteiger partial charge in [-0.25, -0.2) is 5.43 Å². The van der Waals surface area contributed by atoms with E-state index in [1.54, 1.807) is 36.4 Å². The molecule has 22 heavy (non-hydrogen) atoms.